The lowest BCUT2D eigenvalue weighted by atomic mass is 10.00. The van der Waals surface area contributed by atoms with Crippen LogP contribution in [-0.4, -0.2) is 34.6 Å². The fraction of sp³-hybridized carbons (Fsp3) is 0.375. The Morgan fingerprint density at radius 1 is 1.03 bits per heavy atom. The Morgan fingerprint density at radius 2 is 1.76 bits per heavy atom. The van der Waals surface area contributed by atoms with Gasteiger partial charge in [-0.25, -0.2) is 0 Å². The predicted molar refractivity (Wildman–Crippen MR) is 115 cm³/mol. The van der Waals surface area contributed by atoms with E-state index in [-0.39, 0.29) is 18.4 Å². The number of hydrogen-bond donors (Lipinski definition) is 1. The van der Waals surface area contributed by atoms with Crippen LogP contribution in [0.3, 0.4) is 0 Å². The van der Waals surface area contributed by atoms with Gasteiger partial charge in [-0.1, -0.05) is 55.3 Å². The number of rotatable bonds is 4. The molecule has 1 fully saturated rings. The zero-order chi connectivity index (χ0) is 20.3. The fourth-order valence-electron chi connectivity index (χ4n) is 4.38. The Morgan fingerprint density at radius 3 is 2.45 bits per heavy atom. The third-order valence-corrected chi connectivity index (χ3v) is 5.83. The lowest BCUT2D eigenvalue weighted by molar-refractivity contribution is -0.133. The molecule has 0 unspecified atom stereocenters. The average molecular weight is 389 g/mol. The molecular formula is C24H27N3O2. The van der Waals surface area contributed by atoms with E-state index in [1.165, 1.54) is 0 Å². The summed E-state index contributed by atoms with van der Waals surface area (Å²) < 4.78 is 0. The van der Waals surface area contributed by atoms with Crippen molar-refractivity contribution < 1.29 is 9.59 Å². The van der Waals surface area contributed by atoms with E-state index >= 15 is 0 Å². The van der Waals surface area contributed by atoms with Crippen LogP contribution in [-0.2, 0) is 9.59 Å². The van der Waals surface area contributed by atoms with Crippen molar-refractivity contribution in [3.63, 3.8) is 0 Å². The van der Waals surface area contributed by atoms with E-state index in [1.807, 2.05) is 61.5 Å². The molecule has 0 bridgehead atoms. The Kier molecular flexibility index (Phi) is 5.47. The van der Waals surface area contributed by atoms with Crippen molar-refractivity contribution in [2.75, 3.05) is 11.9 Å². The number of hydrogen-bond acceptors (Lipinski definition) is 3. The minimum atomic E-state index is -0.595. The van der Waals surface area contributed by atoms with Gasteiger partial charge in [0, 0.05) is 11.3 Å². The molecule has 2 aromatic carbocycles. The number of anilines is 1. The zero-order valence-electron chi connectivity index (χ0n) is 16.9. The van der Waals surface area contributed by atoms with Gasteiger partial charge in [-0.2, -0.15) is 0 Å². The molecule has 0 atom stereocenters. The third-order valence-electron chi connectivity index (χ3n) is 5.83. The summed E-state index contributed by atoms with van der Waals surface area (Å²) in [7, 11) is 0. The van der Waals surface area contributed by atoms with Crippen molar-refractivity contribution in [1.29, 1.82) is 0 Å². The van der Waals surface area contributed by atoms with Gasteiger partial charge in [0.2, 0.25) is 5.91 Å². The second-order valence-corrected chi connectivity index (χ2v) is 8.03. The molecular weight excluding hydrogens is 362 g/mol. The van der Waals surface area contributed by atoms with Crippen LogP contribution in [0, 0.1) is 6.92 Å². The first kappa shape index (κ1) is 19.4. The molecule has 1 N–H and O–H groups in total. The molecule has 0 radical (unpaired) electrons. The van der Waals surface area contributed by atoms with E-state index in [1.54, 1.807) is 4.90 Å². The van der Waals surface area contributed by atoms with Gasteiger partial charge in [0.1, 0.15) is 17.9 Å². The van der Waals surface area contributed by atoms with E-state index in [4.69, 9.17) is 4.99 Å². The van der Waals surface area contributed by atoms with E-state index < -0.39 is 5.66 Å². The van der Waals surface area contributed by atoms with Crippen LogP contribution in [0.4, 0.5) is 5.69 Å². The molecule has 5 nitrogen and oxygen atoms in total. The summed E-state index contributed by atoms with van der Waals surface area (Å²) in [6.45, 7) is 2.01. The van der Waals surface area contributed by atoms with Gasteiger partial charge in [-0.05, 0) is 50.3 Å². The SMILES string of the molecule is Cc1cccc(NC(=O)CN2C(=O)C(c3ccccc3)=NC23CCCCCC3)c1. The summed E-state index contributed by atoms with van der Waals surface area (Å²) in [5, 5.41) is 2.94. The summed E-state index contributed by atoms with van der Waals surface area (Å²) in [5.74, 6) is -0.324. The number of aryl methyl sites for hydroxylation is 1. The molecule has 1 aliphatic carbocycles. The number of nitrogens with zero attached hydrogens (tertiary/aromatic N) is 2. The topological polar surface area (TPSA) is 61.8 Å². The maximum absolute atomic E-state index is 13.3. The van der Waals surface area contributed by atoms with Crippen LogP contribution in [0.2, 0.25) is 0 Å². The monoisotopic (exact) mass is 389 g/mol. The van der Waals surface area contributed by atoms with E-state index in [9.17, 15) is 9.59 Å². The van der Waals surface area contributed by atoms with Crippen LogP contribution in [0.25, 0.3) is 0 Å². The normalized spacial score (nSPS) is 18.4. The first-order chi connectivity index (χ1) is 14.1. The maximum Gasteiger partial charge on any atom is 0.275 e. The second kappa shape index (κ2) is 8.19. The molecule has 1 saturated carbocycles. The number of amides is 2. The first-order valence-corrected chi connectivity index (χ1v) is 10.4. The van der Waals surface area contributed by atoms with Gasteiger partial charge in [-0.3, -0.25) is 14.6 Å². The molecule has 2 aromatic rings. The molecule has 150 valence electrons. The molecule has 1 aliphatic heterocycles. The van der Waals surface area contributed by atoms with Gasteiger partial charge in [-0.15, -0.1) is 0 Å². The predicted octanol–water partition coefficient (Wildman–Crippen LogP) is 4.32. The Balaban J connectivity index is 1.60. The van der Waals surface area contributed by atoms with Crippen LogP contribution in [0.1, 0.15) is 49.7 Å². The highest BCUT2D eigenvalue weighted by Gasteiger charge is 2.47. The van der Waals surface area contributed by atoms with Crippen molar-refractivity contribution in [2.24, 2.45) is 4.99 Å². The summed E-state index contributed by atoms with van der Waals surface area (Å²) in [4.78, 5) is 32.8. The molecule has 4 rings (SSSR count). The maximum atomic E-state index is 13.3. The van der Waals surface area contributed by atoms with Crippen molar-refractivity contribution >= 4 is 23.2 Å². The van der Waals surface area contributed by atoms with Crippen LogP contribution in [0.15, 0.2) is 59.6 Å². The zero-order valence-corrected chi connectivity index (χ0v) is 16.9. The van der Waals surface area contributed by atoms with Crippen molar-refractivity contribution in [1.82, 2.24) is 4.90 Å². The van der Waals surface area contributed by atoms with E-state index in [0.717, 1.165) is 55.3 Å². The molecule has 1 heterocycles. The third kappa shape index (κ3) is 4.09. The fourth-order valence-corrected chi connectivity index (χ4v) is 4.38. The largest absolute Gasteiger partial charge is 0.325 e. The van der Waals surface area contributed by atoms with Gasteiger partial charge < -0.3 is 10.2 Å². The van der Waals surface area contributed by atoms with Gasteiger partial charge >= 0.3 is 0 Å². The highest BCUT2D eigenvalue weighted by molar-refractivity contribution is 6.47. The molecule has 2 aliphatic rings. The minimum Gasteiger partial charge on any atom is -0.325 e. The Hall–Kier alpha value is -2.95. The van der Waals surface area contributed by atoms with E-state index in [2.05, 4.69) is 5.32 Å². The Labute approximate surface area is 171 Å². The van der Waals surface area contributed by atoms with Crippen molar-refractivity contribution in [3.05, 3.63) is 65.7 Å². The summed E-state index contributed by atoms with van der Waals surface area (Å²) in [6.07, 6.45) is 5.97. The number of nitrogens with one attached hydrogen (secondary N) is 1. The molecule has 29 heavy (non-hydrogen) atoms. The number of carbonyl (C=O) groups excluding carboxylic acids is 2. The van der Waals surface area contributed by atoms with Crippen molar-refractivity contribution in [2.45, 2.75) is 51.1 Å². The highest BCUT2D eigenvalue weighted by atomic mass is 16.2. The molecule has 1 spiro atoms. The number of aliphatic imine (C=N–C) groups is 1. The average Bonchev–Trinajstić information content (AvgIpc) is 2.86. The molecule has 0 aromatic heterocycles. The van der Waals surface area contributed by atoms with Gasteiger partial charge in [0.25, 0.3) is 5.91 Å². The summed E-state index contributed by atoms with van der Waals surface area (Å²) in [5.41, 5.74) is 2.54. The Bertz CT molecular complexity index is 928. The molecule has 5 heteroatoms. The summed E-state index contributed by atoms with van der Waals surface area (Å²) >= 11 is 0. The quantitative estimate of drug-likeness (QED) is 0.847. The second-order valence-electron chi connectivity index (χ2n) is 8.03. The lowest BCUT2D eigenvalue weighted by Gasteiger charge is -2.35. The van der Waals surface area contributed by atoms with Crippen LogP contribution >= 0.6 is 0 Å². The van der Waals surface area contributed by atoms with Crippen molar-refractivity contribution in [3.8, 4) is 0 Å². The number of benzene rings is 2. The highest BCUT2D eigenvalue weighted by Crippen LogP contribution is 2.38. The van der Waals surface area contributed by atoms with Crippen LogP contribution < -0.4 is 5.32 Å². The first-order valence-electron chi connectivity index (χ1n) is 10.4. The van der Waals surface area contributed by atoms with E-state index in [0.29, 0.717) is 5.71 Å². The standard InChI is InChI=1S/C24H27N3O2/c1-18-10-9-13-20(16-18)25-21(28)17-27-23(29)22(19-11-5-4-6-12-19)26-24(27)14-7-2-3-8-15-24/h4-6,9-13,16H,2-3,7-8,14-15,17H2,1H3,(H,25,28). The van der Waals surface area contributed by atoms with Gasteiger partial charge in [0.05, 0.1) is 0 Å². The molecule has 0 saturated heterocycles. The molecule has 2 amide bonds. The number of carbonyl (C=O) groups is 2. The van der Waals surface area contributed by atoms with Crippen LogP contribution in [0.5, 0.6) is 0 Å². The summed E-state index contributed by atoms with van der Waals surface area (Å²) in [6, 6.07) is 17.3. The smallest absolute Gasteiger partial charge is 0.275 e. The lowest BCUT2D eigenvalue weighted by Crippen LogP contribution is -2.50. The minimum absolute atomic E-state index is 0.0204. The van der Waals surface area contributed by atoms with Gasteiger partial charge in [0.15, 0.2) is 0 Å².